The Morgan fingerprint density at radius 1 is 1.14 bits per heavy atom. The van der Waals surface area contributed by atoms with E-state index in [1.807, 2.05) is 0 Å². The number of amides is 1. The molecule has 21 heavy (non-hydrogen) atoms. The second kappa shape index (κ2) is 6.47. The number of benzene rings is 1. The number of aliphatic hydroxyl groups is 1. The van der Waals surface area contributed by atoms with E-state index in [-0.39, 0.29) is 24.5 Å². The number of hydrogen-bond donors (Lipinski definition) is 2. The molecule has 2 N–H and O–H groups in total. The lowest BCUT2D eigenvalue weighted by atomic mass is 9.93. The summed E-state index contributed by atoms with van der Waals surface area (Å²) in [5.74, 6) is -0.198. The van der Waals surface area contributed by atoms with Gasteiger partial charge in [-0.1, -0.05) is 12.1 Å². The molecule has 0 unspecified atom stereocenters. The van der Waals surface area contributed by atoms with Crippen LogP contribution in [-0.2, 0) is 17.4 Å². The molecule has 2 rings (SSSR count). The highest BCUT2D eigenvalue weighted by Crippen LogP contribution is 2.29. The minimum Gasteiger partial charge on any atom is -0.393 e. The fraction of sp³-hybridized carbons (Fsp3) is 0.533. The van der Waals surface area contributed by atoms with Crippen molar-refractivity contribution < 1.29 is 23.1 Å². The van der Waals surface area contributed by atoms with Crippen LogP contribution in [0.5, 0.6) is 0 Å². The topological polar surface area (TPSA) is 49.3 Å². The van der Waals surface area contributed by atoms with Crippen molar-refractivity contribution in [3.05, 3.63) is 35.4 Å². The van der Waals surface area contributed by atoms with E-state index in [0.717, 1.165) is 25.0 Å². The molecule has 1 fully saturated rings. The summed E-state index contributed by atoms with van der Waals surface area (Å²) in [5.41, 5.74) is -0.163. The van der Waals surface area contributed by atoms with E-state index in [9.17, 15) is 23.1 Å². The predicted octanol–water partition coefficient (Wildman–Crippen LogP) is 2.67. The van der Waals surface area contributed by atoms with Gasteiger partial charge in [-0.15, -0.1) is 0 Å². The summed E-state index contributed by atoms with van der Waals surface area (Å²) in [6, 6.07) is 4.68. The average molecular weight is 301 g/mol. The molecule has 0 saturated heterocycles. The van der Waals surface area contributed by atoms with E-state index < -0.39 is 11.7 Å². The highest BCUT2D eigenvalue weighted by Gasteiger charge is 2.30. The molecule has 1 aromatic rings. The standard InChI is InChI=1S/C15H18F3NO2/c16-15(17,18)11-3-1-10(2-4-11)9-14(21)19-12-5-7-13(20)8-6-12/h1-4,12-13,20H,5-9H2,(H,19,21). The van der Waals surface area contributed by atoms with Crippen LogP contribution in [0.1, 0.15) is 36.8 Å². The van der Waals surface area contributed by atoms with Crippen molar-refractivity contribution in [3.63, 3.8) is 0 Å². The number of carbonyl (C=O) groups excluding carboxylic acids is 1. The summed E-state index contributed by atoms with van der Waals surface area (Å²) in [4.78, 5) is 11.8. The normalized spacial score (nSPS) is 22.9. The number of carbonyl (C=O) groups is 1. The number of halogens is 3. The molecule has 1 saturated carbocycles. The quantitative estimate of drug-likeness (QED) is 0.902. The van der Waals surface area contributed by atoms with Gasteiger partial charge in [0.25, 0.3) is 0 Å². The van der Waals surface area contributed by atoms with Gasteiger partial charge in [-0.05, 0) is 43.4 Å². The van der Waals surface area contributed by atoms with Gasteiger partial charge in [-0.25, -0.2) is 0 Å². The van der Waals surface area contributed by atoms with Crippen LogP contribution < -0.4 is 5.32 Å². The van der Waals surface area contributed by atoms with Gasteiger partial charge in [0.05, 0.1) is 18.1 Å². The summed E-state index contributed by atoms with van der Waals surface area (Å²) >= 11 is 0. The van der Waals surface area contributed by atoms with Crippen LogP contribution in [0.4, 0.5) is 13.2 Å². The fourth-order valence-electron chi connectivity index (χ4n) is 2.50. The first-order chi connectivity index (χ1) is 9.84. The predicted molar refractivity (Wildman–Crippen MR) is 71.6 cm³/mol. The number of hydrogen-bond acceptors (Lipinski definition) is 2. The SMILES string of the molecule is O=C(Cc1ccc(C(F)(F)F)cc1)NC1CCC(O)CC1. The van der Waals surface area contributed by atoms with E-state index >= 15 is 0 Å². The molecule has 0 aliphatic heterocycles. The second-order valence-corrected chi connectivity index (χ2v) is 5.44. The molecule has 116 valence electrons. The van der Waals surface area contributed by atoms with Gasteiger partial charge in [0.1, 0.15) is 0 Å². The summed E-state index contributed by atoms with van der Waals surface area (Å²) in [5, 5.41) is 12.2. The van der Waals surface area contributed by atoms with Crippen molar-refractivity contribution in [2.24, 2.45) is 0 Å². The third kappa shape index (κ3) is 4.74. The average Bonchev–Trinajstić information content (AvgIpc) is 2.41. The Hall–Kier alpha value is -1.56. The van der Waals surface area contributed by atoms with Gasteiger partial charge in [0, 0.05) is 6.04 Å². The van der Waals surface area contributed by atoms with Gasteiger partial charge in [0.15, 0.2) is 0 Å². The molecule has 0 heterocycles. The maximum absolute atomic E-state index is 12.4. The third-order valence-electron chi connectivity index (χ3n) is 3.71. The maximum atomic E-state index is 12.4. The minimum absolute atomic E-state index is 0.0512. The zero-order chi connectivity index (χ0) is 15.5. The van der Waals surface area contributed by atoms with Crippen LogP contribution in [0.2, 0.25) is 0 Å². The van der Waals surface area contributed by atoms with E-state index in [2.05, 4.69) is 5.32 Å². The molecule has 0 spiro atoms. The van der Waals surface area contributed by atoms with Gasteiger partial charge in [0.2, 0.25) is 5.91 Å². The molecule has 0 bridgehead atoms. The van der Waals surface area contributed by atoms with Crippen LogP contribution >= 0.6 is 0 Å². The highest BCUT2D eigenvalue weighted by molar-refractivity contribution is 5.78. The van der Waals surface area contributed by atoms with Crippen molar-refractivity contribution in [2.75, 3.05) is 0 Å². The van der Waals surface area contributed by atoms with E-state index in [1.54, 1.807) is 0 Å². The minimum atomic E-state index is -4.36. The molecule has 0 aromatic heterocycles. The van der Waals surface area contributed by atoms with Crippen LogP contribution in [0.25, 0.3) is 0 Å². The van der Waals surface area contributed by atoms with Crippen LogP contribution in [-0.4, -0.2) is 23.2 Å². The molecule has 0 atom stereocenters. The number of aliphatic hydroxyl groups excluding tert-OH is 1. The second-order valence-electron chi connectivity index (χ2n) is 5.44. The Kier molecular flexibility index (Phi) is 4.88. The van der Waals surface area contributed by atoms with Crippen molar-refractivity contribution >= 4 is 5.91 Å². The Balaban J connectivity index is 1.85. The molecule has 1 aliphatic rings. The molecule has 1 aliphatic carbocycles. The summed E-state index contributed by atoms with van der Waals surface area (Å²) in [6.07, 6.45) is -1.76. The number of rotatable bonds is 3. The maximum Gasteiger partial charge on any atom is 0.416 e. The molecule has 0 radical (unpaired) electrons. The van der Waals surface area contributed by atoms with Gasteiger partial charge < -0.3 is 10.4 Å². The number of alkyl halides is 3. The Labute approximate surface area is 121 Å². The first-order valence-corrected chi connectivity index (χ1v) is 6.98. The van der Waals surface area contributed by atoms with Crippen molar-refractivity contribution in [2.45, 2.75) is 50.4 Å². The van der Waals surface area contributed by atoms with Crippen molar-refractivity contribution in [1.82, 2.24) is 5.32 Å². The Morgan fingerprint density at radius 3 is 2.24 bits per heavy atom. The molecular formula is C15H18F3NO2. The Bertz CT molecular complexity index is 477. The lowest BCUT2D eigenvalue weighted by Gasteiger charge is -2.26. The van der Waals surface area contributed by atoms with Gasteiger partial charge in [-0.2, -0.15) is 13.2 Å². The van der Waals surface area contributed by atoms with E-state index in [0.29, 0.717) is 18.4 Å². The molecule has 1 amide bonds. The van der Waals surface area contributed by atoms with Crippen LogP contribution in [0.3, 0.4) is 0 Å². The van der Waals surface area contributed by atoms with Crippen molar-refractivity contribution in [1.29, 1.82) is 0 Å². The molecule has 6 heteroatoms. The first-order valence-electron chi connectivity index (χ1n) is 6.98. The molecule has 1 aromatic carbocycles. The van der Waals surface area contributed by atoms with Crippen LogP contribution in [0.15, 0.2) is 24.3 Å². The summed E-state index contributed by atoms with van der Waals surface area (Å²) in [7, 11) is 0. The lowest BCUT2D eigenvalue weighted by molar-refractivity contribution is -0.137. The van der Waals surface area contributed by atoms with Crippen LogP contribution in [0, 0.1) is 0 Å². The smallest absolute Gasteiger partial charge is 0.393 e. The first kappa shape index (κ1) is 15.8. The van der Waals surface area contributed by atoms with E-state index in [4.69, 9.17) is 0 Å². The highest BCUT2D eigenvalue weighted by atomic mass is 19.4. The summed E-state index contributed by atoms with van der Waals surface area (Å²) < 4.78 is 37.3. The molecule has 3 nitrogen and oxygen atoms in total. The van der Waals surface area contributed by atoms with E-state index in [1.165, 1.54) is 12.1 Å². The largest absolute Gasteiger partial charge is 0.416 e. The van der Waals surface area contributed by atoms with Crippen molar-refractivity contribution in [3.8, 4) is 0 Å². The number of nitrogens with one attached hydrogen (secondary N) is 1. The summed E-state index contributed by atoms with van der Waals surface area (Å²) in [6.45, 7) is 0. The fourth-order valence-corrected chi connectivity index (χ4v) is 2.50. The zero-order valence-corrected chi connectivity index (χ0v) is 11.5. The third-order valence-corrected chi connectivity index (χ3v) is 3.71. The lowest BCUT2D eigenvalue weighted by Crippen LogP contribution is -2.39. The zero-order valence-electron chi connectivity index (χ0n) is 11.5. The molecular weight excluding hydrogens is 283 g/mol. The van der Waals surface area contributed by atoms with Gasteiger partial charge >= 0.3 is 6.18 Å². The monoisotopic (exact) mass is 301 g/mol. The van der Waals surface area contributed by atoms with Gasteiger partial charge in [-0.3, -0.25) is 4.79 Å². The Morgan fingerprint density at radius 2 is 1.71 bits per heavy atom.